The summed E-state index contributed by atoms with van der Waals surface area (Å²) < 4.78 is 27.5. The predicted molar refractivity (Wildman–Crippen MR) is 92.3 cm³/mol. The molecule has 0 saturated heterocycles. The normalized spacial score (nSPS) is 16.5. The molecule has 2 heterocycles. The molecule has 1 unspecified atom stereocenters. The molecule has 0 amide bonds. The fourth-order valence-corrected chi connectivity index (χ4v) is 3.89. The smallest absolute Gasteiger partial charge is 0.243 e. The highest BCUT2D eigenvalue weighted by molar-refractivity contribution is 7.89. The van der Waals surface area contributed by atoms with Gasteiger partial charge >= 0.3 is 0 Å². The van der Waals surface area contributed by atoms with Gasteiger partial charge in [-0.3, -0.25) is 0 Å². The van der Waals surface area contributed by atoms with Crippen molar-refractivity contribution in [2.45, 2.75) is 17.4 Å². The van der Waals surface area contributed by atoms with Crippen molar-refractivity contribution in [2.24, 2.45) is 0 Å². The summed E-state index contributed by atoms with van der Waals surface area (Å²) in [5.74, 6) is 0. The van der Waals surface area contributed by atoms with Crippen LogP contribution in [0.15, 0.2) is 47.5 Å². The fourth-order valence-electron chi connectivity index (χ4n) is 2.74. The molecule has 8 heteroatoms. The lowest BCUT2D eigenvalue weighted by Crippen LogP contribution is -2.39. The van der Waals surface area contributed by atoms with Gasteiger partial charge in [0.15, 0.2) is 5.69 Å². The van der Waals surface area contributed by atoms with Crippen LogP contribution in [0.4, 0.5) is 0 Å². The number of hydrogen-bond acceptors (Lipinski definition) is 5. The number of rotatable bonds is 4. The quantitative estimate of drug-likeness (QED) is 0.858. The first-order valence-electron chi connectivity index (χ1n) is 7.28. The standard InChI is InChI=1S/C16H16N4O2S.ClH/c17-10-14-16(6-3-8-18-14)23(21,22)20-11-15-13-5-2-1-4-12(13)7-9-19-15;/h1-6,8,15,19-20H,7,9,11H2;1H. The number of benzene rings is 1. The van der Waals surface area contributed by atoms with Crippen molar-refractivity contribution in [2.75, 3.05) is 13.1 Å². The second kappa shape index (κ2) is 7.73. The zero-order valence-corrected chi connectivity index (χ0v) is 14.4. The lowest BCUT2D eigenvalue weighted by atomic mass is 9.95. The Morgan fingerprint density at radius 3 is 2.88 bits per heavy atom. The third-order valence-electron chi connectivity index (χ3n) is 3.86. The van der Waals surface area contributed by atoms with E-state index in [1.165, 1.54) is 23.9 Å². The first kappa shape index (κ1) is 18.4. The Bertz CT molecular complexity index is 864. The van der Waals surface area contributed by atoms with Crippen molar-refractivity contribution in [3.8, 4) is 6.07 Å². The van der Waals surface area contributed by atoms with Crippen molar-refractivity contribution in [1.29, 1.82) is 5.26 Å². The average Bonchev–Trinajstić information content (AvgIpc) is 2.60. The molecule has 0 fully saturated rings. The molecule has 6 nitrogen and oxygen atoms in total. The molecule has 0 saturated carbocycles. The topological polar surface area (TPSA) is 94.9 Å². The van der Waals surface area contributed by atoms with E-state index in [0.717, 1.165) is 18.5 Å². The van der Waals surface area contributed by atoms with Gasteiger partial charge in [-0.15, -0.1) is 12.4 Å². The number of nitrogens with zero attached hydrogens (tertiary/aromatic N) is 2. The van der Waals surface area contributed by atoms with Crippen LogP contribution in [0.1, 0.15) is 22.9 Å². The van der Waals surface area contributed by atoms with Gasteiger partial charge in [-0.1, -0.05) is 24.3 Å². The van der Waals surface area contributed by atoms with Crippen LogP contribution in [0.2, 0.25) is 0 Å². The van der Waals surface area contributed by atoms with E-state index < -0.39 is 10.0 Å². The van der Waals surface area contributed by atoms with E-state index in [1.807, 2.05) is 24.3 Å². The molecule has 126 valence electrons. The Balaban J connectivity index is 0.00000208. The van der Waals surface area contributed by atoms with E-state index in [0.29, 0.717) is 0 Å². The maximum atomic E-state index is 12.4. The van der Waals surface area contributed by atoms with Crippen molar-refractivity contribution in [3.05, 3.63) is 59.4 Å². The van der Waals surface area contributed by atoms with Crippen LogP contribution in [-0.2, 0) is 16.4 Å². The van der Waals surface area contributed by atoms with Gasteiger partial charge in [-0.25, -0.2) is 18.1 Å². The fraction of sp³-hybridized carbons (Fsp3) is 0.250. The maximum absolute atomic E-state index is 12.4. The molecule has 0 spiro atoms. The molecule has 1 aromatic carbocycles. The molecule has 0 radical (unpaired) electrons. The van der Waals surface area contributed by atoms with Gasteiger partial charge in [0.1, 0.15) is 11.0 Å². The highest BCUT2D eigenvalue weighted by atomic mass is 35.5. The molecule has 1 aromatic heterocycles. The second-order valence-corrected chi connectivity index (χ2v) is 7.00. The summed E-state index contributed by atoms with van der Waals surface area (Å²) in [5.41, 5.74) is 2.24. The van der Waals surface area contributed by atoms with Crippen molar-refractivity contribution in [3.63, 3.8) is 0 Å². The second-order valence-electron chi connectivity index (χ2n) is 5.27. The Morgan fingerprint density at radius 1 is 1.29 bits per heavy atom. The lowest BCUT2D eigenvalue weighted by Gasteiger charge is -2.27. The zero-order chi connectivity index (χ0) is 16.3. The molecule has 1 aliphatic rings. The van der Waals surface area contributed by atoms with Gasteiger partial charge in [0.25, 0.3) is 0 Å². The molecule has 2 N–H and O–H groups in total. The number of sulfonamides is 1. The predicted octanol–water partition coefficient (Wildman–Crippen LogP) is 1.54. The van der Waals surface area contributed by atoms with E-state index in [9.17, 15) is 8.42 Å². The summed E-state index contributed by atoms with van der Waals surface area (Å²) in [4.78, 5) is 3.71. The number of halogens is 1. The molecule has 0 aliphatic carbocycles. The number of nitriles is 1. The molecule has 0 bridgehead atoms. The summed E-state index contributed by atoms with van der Waals surface area (Å²) in [5, 5.41) is 12.3. The Labute approximate surface area is 147 Å². The number of fused-ring (bicyclic) bond motifs is 1. The molecular weight excluding hydrogens is 348 g/mol. The minimum absolute atomic E-state index is 0. The SMILES string of the molecule is Cl.N#Cc1ncccc1S(=O)(=O)NCC1NCCc2ccccc21. The maximum Gasteiger partial charge on any atom is 0.243 e. The van der Waals surface area contributed by atoms with E-state index in [1.54, 1.807) is 0 Å². The van der Waals surface area contributed by atoms with Gasteiger partial charge in [-0.05, 0) is 36.2 Å². The van der Waals surface area contributed by atoms with Crippen LogP contribution in [0.5, 0.6) is 0 Å². The molecule has 1 atom stereocenters. The van der Waals surface area contributed by atoms with Crippen LogP contribution in [0.25, 0.3) is 0 Å². The number of nitrogens with one attached hydrogen (secondary N) is 2. The Hall–Kier alpha value is -1.98. The van der Waals surface area contributed by atoms with Crippen LogP contribution in [-0.4, -0.2) is 26.5 Å². The Kier molecular flexibility index (Phi) is 5.91. The summed E-state index contributed by atoms with van der Waals surface area (Å²) in [7, 11) is -3.78. The number of hydrogen-bond donors (Lipinski definition) is 2. The first-order valence-corrected chi connectivity index (χ1v) is 8.76. The molecular formula is C16H17ClN4O2S. The minimum Gasteiger partial charge on any atom is -0.308 e. The molecule has 24 heavy (non-hydrogen) atoms. The van der Waals surface area contributed by atoms with Crippen LogP contribution >= 0.6 is 12.4 Å². The van der Waals surface area contributed by atoms with Crippen molar-refractivity contribution in [1.82, 2.24) is 15.0 Å². The summed E-state index contributed by atoms with van der Waals surface area (Å²) in [6.45, 7) is 1.03. The van der Waals surface area contributed by atoms with Gasteiger partial charge in [0.05, 0.1) is 0 Å². The third kappa shape index (κ3) is 3.74. The average molecular weight is 365 g/mol. The van der Waals surface area contributed by atoms with Crippen LogP contribution in [0.3, 0.4) is 0 Å². The summed E-state index contributed by atoms with van der Waals surface area (Å²) in [6.07, 6.45) is 2.33. The van der Waals surface area contributed by atoms with Gasteiger partial charge in [0.2, 0.25) is 10.0 Å². The monoisotopic (exact) mass is 364 g/mol. The number of pyridine rings is 1. The molecule has 2 aromatic rings. The van der Waals surface area contributed by atoms with E-state index in [4.69, 9.17) is 5.26 Å². The summed E-state index contributed by atoms with van der Waals surface area (Å²) >= 11 is 0. The van der Waals surface area contributed by atoms with Gasteiger partial charge < -0.3 is 5.32 Å². The van der Waals surface area contributed by atoms with Crippen LogP contribution in [0, 0.1) is 11.3 Å². The minimum atomic E-state index is -3.78. The van der Waals surface area contributed by atoms with Crippen LogP contribution < -0.4 is 10.0 Å². The summed E-state index contributed by atoms with van der Waals surface area (Å²) in [6, 6.07) is 12.6. The van der Waals surface area contributed by atoms with Crippen molar-refractivity contribution < 1.29 is 8.42 Å². The third-order valence-corrected chi connectivity index (χ3v) is 5.31. The van der Waals surface area contributed by atoms with E-state index in [2.05, 4.69) is 21.1 Å². The van der Waals surface area contributed by atoms with Gasteiger partial charge in [-0.2, -0.15) is 5.26 Å². The lowest BCUT2D eigenvalue weighted by molar-refractivity contribution is 0.491. The molecule has 1 aliphatic heterocycles. The first-order chi connectivity index (χ1) is 11.1. The highest BCUT2D eigenvalue weighted by Crippen LogP contribution is 2.22. The largest absolute Gasteiger partial charge is 0.308 e. The van der Waals surface area contributed by atoms with Crippen molar-refractivity contribution >= 4 is 22.4 Å². The number of aromatic nitrogens is 1. The van der Waals surface area contributed by atoms with E-state index >= 15 is 0 Å². The van der Waals surface area contributed by atoms with E-state index in [-0.39, 0.29) is 35.6 Å². The Morgan fingerprint density at radius 2 is 2.08 bits per heavy atom. The highest BCUT2D eigenvalue weighted by Gasteiger charge is 2.24. The zero-order valence-electron chi connectivity index (χ0n) is 12.8. The molecule has 3 rings (SSSR count). The van der Waals surface area contributed by atoms with Gasteiger partial charge in [0, 0.05) is 18.8 Å².